The Morgan fingerprint density at radius 3 is 2.46 bits per heavy atom. The molecule has 26 heavy (non-hydrogen) atoms. The van der Waals surface area contributed by atoms with Crippen LogP contribution in [0.1, 0.15) is 24.1 Å². The molecule has 0 fully saturated rings. The van der Waals surface area contributed by atoms with Gasteiger partial charge >= 0.3 is 18.2 Å². The number of carbonyl (C=O) groups is 3. The van der Waals surface area contributed by atoms with Gasteiger partial charge in [-0.2, -0.15) is 13.2 Å². The van der Waals surface area contributed by atoms with Crippen LogP contribution < -0.4 is 5.32 Å². The van der Waals surface area contributed by atoms with Gasteiger partial charge in [-0.3, -0.25) is 9.59 Å². The Hall–Kier alpha value is -2.84. The van der Waals surface area contributed by atoms with Crippen molar-refractivity contribution >= 4 is 17.8 Å². The third kappa shape index (κ3) is 5.61. The summed E-state index contributed by atoms with van der Waals surface area (Å²) in [6, 6.07) is 2.54. The molecule has 1 rings (SSSR count). The van der Waals surface area contributed by atoms with Crippen molar-refractivity contribution in [1.29, 1.82) is 0 Å². The van der Waals surface area contributed by atoms with Crippen molar-refractivity contribution in [3.63, 3.8) is 0 Å². The Morgan fingerprint density at radius 1 is 1.31 bits per heavy atom. The molecule has 0 aliphatic carbocycles. The number of benzene rings is 1. The van der Waals surface area contributed by atoms with Crippen LogP contribution in [0.3, 0.4) is 0 Å². The standard InChI is InChI=1S/C17H18F3NO5/c1-4-8-26-16(24)21-14(13(10(2)22)15(23)25-3)11-6-5-7-12(9-11)17(18,19)20/h4-7,9,13-14H,1,8H2,2-3H3,(H,21,24)/t13?,14-/m0/s1. The van der Waals surface area contributed by atoms with Gasteiger partial charge in [0, 0.05) is 0 Å². The third-order valence-corrected chi connectivity index (χ3v) is 3.41. The van der Waals surface area contributed by atoms with Crippen molar-refractivity contribution in [3.05, 3.63) is 48.0 Å². The summed E-state index contributed by atoms with van der Waals surface area (Å²) in [6.07, 6.45) is -4.38. The molecule has 0 bridgehead atoms. The number of alkyl carbamates (subject to hydrolysis) is 1. The van der Waals surface area contributed by atoms with Crippen molar-refractivity contribution < 1.29 is 37.0 Å². The molecule has 0 heterocycles. The van der Waals surface area contributed by atoms with Gasteiger partial charge in [0.25, 0.3) is 0 Å². The minimum absolute atomic E-state index is 0.0963. The molecular formula is C17H18F3NO5. The number of hydrogen-bond acceptors (Lipinski definition) is 5. The van der Waals surface area contributed by atoms with E-state index in [4.69, 9.17) is 4.74 Å². The molecule has 0 spiro atoms. The number of methoxy groups -OCH3 is 1. The van der Waals surface area contributed by atoms with Gasteiger partial charge in [0.1, 0.15) is 18.3 Å². The highest BCUT2D eigenvalue weighted by molar-refractivity contribution is 5.99. The lowest BCUT2D eigenvalue weighted by atomic mass is 9.89. The maximum absolute atomic E-state index is 13.0. The average Bonchev–Trinajstić information content (AvgIpc) is 2.58. The molecule has 142 valence electrons. The Balaban J connectivity index is 3.35. The van der Waals surface area contributed by atoms with Crippen molar-refractivity contribution in [3.8, 4) is 0 Å². The van der Waals surface area contributed by atoms with Crippen LogP contribution in [-0.2, 0) is 25.2 Å². The number of alkyl halides is 3. The fraction of sp³-hybridized carbons (Fsp3) is 0.353. The molecule has 6 nitrogen and oxygen atoms in total. The predicted octanol–water partition coefficient (Wildman–Crippen LogP) is 3.04. The maximum atomic E-state index is 13.0. The number of hydrogen-bond donors (Lipinski definition) is 1. The van der Waals surface area contributed by atoms with E-state index in [1.807, 2.05) is 0 Å². The second-order valence-corrected chi connectivity index (χ2v) is 5.24. The van der Waals surface area contributed by atoms with Crippen molar-refractivity contribution in [1.82, 2.24) is 5.32 Å². The van der Waals surface area contributed by atoms with Crippen LogP contribution in [0.4, 0.5) is 18.0 Å². The quantitative estimate of drug-likeness (QED) is 0.451. The second-order valence-electron chi connectivity index (χ2n) is 5.24. The van der Waals surface area contributed by atoms with E-state index >= 15 is 0 Å². The van der Waals surface area contributed by atoms with E-state index in [1.165, 1.54) is 12.1 Å². The van der Waals surface area contributed by atoms with Crippen LogP contribution in [0.25, 0.3) is 0 Å². The van der Waals surface area contributed by atoms with Gasteiger partial charge in [-0.1, -0.05) is 24.8 Å². The maximum Gasteiger partial charge on any atom is 0.416 e. The van der Waals surface area contributed by atoms with Gasteiger partial charge in [-0.15, -0.1) is 0 Å². The first kappa shape index (κ1) is 21.2. The molecule has 0 saturated heterocycles. The Bertz CT molecular complexity index is 687. The number of esters is 1. The van der Waals surface area contributed by atoms with Crippen molar-refractivity contribution in [2.45, 2.75) is 19.1 Å². The average molecular weight is 373 g/mol. The van der Waals surface area contributed by atoms with E-state index in [0.717, 1.165) is 32.2 Å². The molecule has 1 N–H and O–H groups in total. The molecule has 2 atom stereocenters. The first-order valence-corrected chi connectivity index (χ1v) is 7.41. The van der Waals surface area contributed by atoms with E-state index in [0.29, 0.717) is 0 Å². The zero-order chi connectivity index (χ0) is 19.9. The summed E-state index contributed by atoms with van der Waals surface area (Å²) in [4.78, 5) is 35.7. The van der Waals surface area contributed by atoms with Crippen LogP contribution >= 0.6 is 0 Å². The number of Topliss-reactive ketones (excluding diaryl/α,β-unsaturated/α-hetero) is 1. The van der Waals surface area contributed by atoms with Gasteiger partial charge in [0.05, 0.1) is 18.7 Å². The Kier molecular flexibility index (Phi) is 7.36. The summed E-state index contributed by atoms with van der Waals surface area (Å²) in [5, 5.41) is 2.25. The first-order valence-electron chi connectivity index (χ1n) is 7.41. The Morgan fingerprint density at radius 2 is 1.96 bits per heavy atom. The van der Waals surface area contributed by atoms with Crippen LogP contribution in [0.5, 0.6) is 0 Å². The van der Waals surface area contributed by atoms with Gasteiger partial charge < -0.3 is 14.8 Å². The fourth-order valence-corrected chi connectivity index (χ4v) is 2.23. The van der Waals surface area contributed by atoms with Crippen LogP contribution in [0.2, 0.25) is 0 Å². The minimum Gasteiger partial charge on any atom is -0.468 e. The minimum atomic E-state index is -4.64. The Labute approximate surface area is 148 Å². The van der Waals surface area contributed by atoms with Gasteiger partial charge in [0.15, 0.2) is 0 Å². The van der Waals surface area contributed by atoms with Gasteiger partial charge in [0.2, 0.25) is 0 Å². The number of carbonyl (C=O) groups excluding carboxylic acids is 3. The number of halogens is 3. The molecule has 1 aromatic rings. The lowest BCUT2D eigenvalue weighted by Crippen LogP contribution is -2.40. The molecule has 0 aliphatic rings. The lowest BCUT2D eigenvalue weighted by Gasteiger charge is -2.25. The zero-order valence-electron chi connectivity index (χ0n) is 14.1. The number of ketones is 1. The summed E-state index contributed by atoms with van der Waals surface area (Å²) < 4.78 is 48.2. The van der Waals surface area contributed by atoms with Crippen LogP contribution in [0, 0.1) is 5.92 Å². The molecule has 0 aromatic heterocycles. The van der Waals surface area contributed by atoms with Gasteiger partial charge in [-0.25, -0.2) is 4.79 Å². The number of amides is 1. The van der Waals surface area contributed by atoms with Crippen LogP contribution in [0.15, 0.2) is 36.9 Å². The number of nitrogens with one attached hydrogen (secondary N) is 1. The molecule has 0 aliphatic heterocycles. The zero-order valence-corrected chi connectivity index (χ0v) is 14.1. The number of ether oxygens (including phenoxy) is 2. The summed E-state index contributed by atoms with van der Waals surface area (Å²) in [7, 11) is 1.03. The molecule has 0 radical (unpaired) electrons. The van der Waals surface area contributed by atoms with Gasteiger partial charge in [-0.05, 0) is 24.6 Å². The predicted molar refractivity (Wildman–Crippen MR) is 85.1 cm³/mol. The first-order chi connectivity index (χ1) is 12.1. The van der Waals surface area contributed by atoms with Crippen molar-refractivity contribution in [2.75, 3.05) is 13.7 Å². The van der Waals surface area contributed by atoms with E-state index in [-0.39, 0.29) is 12.2 Å². The van der Waals surface area contributed by atoms with E-state index in [9.17, 15) is 27.6 Å². The molecular weight excluding hydrogens is 355 g/mol. The summed E-state index contributed by atoms with van der Waals surface area (Å²) in [5.74, 6) is -3.23. The smallest absolute Gasteiger partial charge is 0.416 e. The lowest BCUT2D eigenvalue weighted by molar-refractivity contribution is -0.150. The highest BCUT2D eigenvalue weighted by Gasteiger charge is 2.37. The highest BCUT2D eigenvalue weighted by Crippen LogP contribution is 2.32. The molecule has 1 amide bonds. The summed E-state index contributed by atoms with van der Waals surface area (Å²) in [6.45, 7) is 4.26. The SMILES string of the molecule is C=CCOC(=O)N[C@@H](c1cccc(C(F)(F)F)c1)C(C(C)=O)C(=O)OC. The molecule has 0 saturated carbocycles. The van der Waals surface area contributed by atoms with E-state index in [2.05, 4.69) is 16.6 Å². The topological polar surface area (TPSA) is 81.7 Å². The molecule has 1 aromatic carbocycles. The highest BCUT2D eigenvalue weighted by atomic mass is 19.4. The van der Waals surface area contributed by atoms with Crippen molar-refractivity contribution in [2.24, 2.45) is 5.92 Å². The fourth-order valence-electron chi connectivity index (χ4n) is 2.23. The van der Waals surface area contributed by atoms with Crippen LogP contribution in [-0.4, -0.2) is 31.6 Å². The third-order valence-electron chi connectivity index (χ3n) is 3.41. The summed E-state index contributed by atoms with van der Waals surface area (Å²) >= 11 is 0. The largest absolute Gasteiger partial charge is 0.468 e. The second kappa shape index (κ2) is 9.02. The normalized spacial score (nSPS) is 13.3. The van der Waals surface area contributed by atoms with E-state index < -0.39 is 41.5 Å². The molecule has 9 heteroatoms. The summed E-state index contributed by atoms with van der Waals surface area (Å²) in [5.41, 5.74) is -1.09. The molecule has 1 unspecified atom stereocenters. The van der Waals surface area contributed by atoms with E-state index in [1.54, 1.807) is 0 Å². The monoisotopic (exact) mass is 373 g/mol. The number of rotatable bonds is 7.